The minimum absolute atomic E-state index is 0.498. The molecule has 0 bridgehead atoms. The predicted octanol–water partition coefficient (Wildman–Crippen LogP) is 5.01. The third-order valence-corrected chi connectivity index (χ3v) is 4.61. The maximum absolute atomic E-state index is 3.74. The summed E-state index contributed by atoms with van der Waals surface area (Å²) in [5.74, 6) is 0. The van der Waals surface area contributed by atoms with Crippen LogP contribution in [0.1, 0.15) is 42.0 Å². The van der Waals surface area contributed by atoms with E-state index in [9.17, 15) is 0 Å². The van der Waals surface area contributed by atoms with E-state index >= 15 is 0 Å². The van der Waals surface area contributed by atoms with E-state index in [4.69, 9.17) is 0 Å². The molecule has 1 aliphatic rings. The first-order chi connectivity index (χ1) is 9.83. The Morgan fingerprint density at radius 3 is 2.65 bits per heavy atom. The molecule has 2 heteroatoms. The Hall–Kier alpha value is -1.12. The largest absolute Gasteiger partial charge is 0.306 e. The molecular weight excluding hydrogens is 310 g/mol. The van der Waals surface area contributed by atoms with Crippen LogP contribution in [0.3, 0.4) is 0 Å². The van der Waals surface area contributed by atoms with Crippen molar-refractivity contribution in [3.63, 3.8) is 0 Å². The lowest BCUT2D eigenvalue weighted by molar-refractivity contribution is 0.489. The zero-order valence-corrected chi connectivity index (χ0v) is 13.2. The van der Waals surface area contributed by atoms with E-state index in [2.05, 4.69) is 69.8 Å². The molecule has 0 fully saturated rings. The van der Waals surface area contributed by atoms with Crippen LogP contribution in [0.25, 0.3) is 0 Å². The first-order valence-electron chi connectivity index (χ1n) is 7.38. The number of nitrogens with one attached hydrogen (secondary N) is 1. The van der Waals surface area contributed by atoms with E-state index in [1.54, 1.807) is 0 Å². The van der Waals surface area contributed by atoms with Crippen molar-refractivity contribution in [2.75, 3.05) is 0 Å². The summed E-state index contributed by atoms with van der Waals surface area (Å²) in [6.07, 6.45) is 5.10. The summed E-state index contributed by atoms with van der Waals surface area (Å²) >= 11 is 3.48. The molecule has 3 rings (SSSR count). The minimum atomic E-state index is 0.498. The second-order valence-electron chi connectivity index (χ2n) is 5.50. The van der Waals surface area contributed by atoms with Gasteiger partial charge < -0.3 is 5.32 Å². The van der Waals surface area contributed by atoms with Gasteiger partial charge >= 0.3 is 0 Å². The van der Waals surface area contributed by atoms with Crippen molar-refractivity contribution in [3.8, 4) is 0 Å². The summed E-state index contributed by atoms with van der Waals surface area (Å²) in [4.78, 5) is 0. The van der Waals surface area contributed by atoms with E-state index < -0.39 is 0 Å². The Labute approximate surface area is 129 Å². The molecule has 0 aromatic heterocycles. The molecular formula is C18H20BrN. The Morgan fingerprint density at radius 1 is 1.00 bits per heavy atom. The van der Waals surface area contributed by atoms with Gasteiger partial charge in [0.25, 0.3) is 0 Å². The van der Waals surface area contributed by atoms with Crippen molar-refractivity contribution in [1.82, 2.24) is 5.32 Å². The third-order valence-electron chi connectivity index (χ3n) is 4.09. The molecule has 0 heterocycles. The van der Waals surface area contributed by atoms with Crippen LogP contribution in [0.4, 0.5) is 0 Å². The van der Waals surface area contributed by atoms with Gasteiger partial charge in [0.1, 0.15) is 0 Å². The SMILES string of the molecule is Brc1ccc(CNC2CCCCc3ccccc32)cc1. The van der Waals surface area contributed by atoms with Crippen LogP contribution in [0.5, 0.6) is 0 Å². The summed E-state index contributed by atoms with van der Waals surface area (Å²) in [7, 11) is 0. The van der Waals surface area contributed by atoms with Crippen LogP contribution in [-0.2, 0) is 13.0 Å². The number of hydrogen-bond acceptors (Lipinski definition) is 1. The van der Waals surface area contributed by atoms with Crippen molar-refractivity contribution in [2.45, 2.75) is 38.3 Å². The summed E-state index contributed by atoms with van der Waals surface area (Å²) in [6, 6.07) is 18.0. The van der Waals surface area contributed by atoms with Gasteiger partial charge in [-0.3, -0.25) is 0 Å². The molecule has 0 saturated heterocycles. The zero-order valence-electron chi connectivity index (χ0n) is 11.6. The Kier molecular flexibility index (Phi) is 4.54. The van der Waals surface area contributed by atoms with Gasteiger partial charge in [-0.25, -0.2) is 0 Å². The van der Waals surface area contributed by atoms with Crippen LogP contribution in [0.15, 0.2) is 53.0 Å². The van der Waals surface area contributed by atoms with E-state index in [0.29, 0.717) is 6.04 Å². The highest BCUT2D eigenvalue weighted by atomic mass is 79.9. The van der Waals surface area contributed by atoms with Gasteiger partial charge in [0.15, 0.2) is 0 Å². The topological polar surface area (TPSA) is 12.0 Å². The Bertz CT molecular complexity index is 562. The maximum Gasteiger partial charge on any atom is 0.0325 e. The fourth-order valence-corrected chi connectivity index (χ4v) is 3.24. The number of fused-ring (bicyclic) bond motifs is 1. The second-order valence-corrected chi connectivity index (χ2v) is 6.42. The molecule has 2 aromatic carbocycles. The van der Waals surface area contributed by atoms with Crippen molar-refractivity contribution >= 4 is 15.9 Å². The van der Waals surface area contributed by atoms with Crippen molar-refractivity contribution in [3.05, 3.63) is 69.7 Å². The Balaban J connectivity index is 1.72. The van der Waals surface area contributed by atoms with Gasteiger partial charge in [-0.15, -0.1) is 0 Å². The molecule has 0 aliphatic heterocycles. The molecule has 1 N–H and O–H groups in total. The lowest BCUT2D eigenvalue weighted by Crippen LogP contribution is -2.21. The van der Waals surface area contributed by atoms with Crippen LogP contribution < -0.4 is 5.32 Å². The van der Waals surface area contributed by atoms with E-state index in [0.717, 1.165) is 11.0 Å². The standard InChI is InChI=1S/C18H20BrN/c19-16-11-9-14(10-12-16)13-20-18-8-4-2-6-15-5-1-3-7-17(15)18/h1,3,5,7,9-12,18,20H,2,4,6,8,13H2. The molecule has 1 atom stereocenters. The molecule has 1 nitrogen and oxygen atoms in total. The van der Waals surface area contributed by atoms with Crippen LogP contribution in [0.2, 0.25) is 0 Å². The highest BCUT2D eigenvalue weighted by Gasteiger charge is 2.17. The second kappa shape index (κ2) is 6.55. The first kappa shape index (κ1) is 13.8. The lowest BCUT2D eigenvalue weighted by Gasteiger charge is -2.19. The van der Waals surface area contributed by atoms with Gasteiger partial charge in [0.05, 0.1) is 0 Å². The predicted molar refractivity (Wildman–Crippen MR) is 87.7 cm³/mol. The van der Waals surface area contributed by atoms with Crippen LogP contribution in [0, 0.1) is 0 Å². The minimum Gasteiger partial charge on any atom is -0.306 e. The monoisotopic (exact) mass is 329 g/mol. The average molecular weight is 330 g/mol. The first-order valence-corrected chi connectivity index (χ1v) is 8.18. The molecule has 0 radical (unpaired) electrons. The normalized spacial score (nSPS) is 18.4. The highest BCUT2D eigenvalue weighted by Crippen LogP contribution is 2.28. The molecule has 104 valence electrons. The number of hydrogen-bond donors (Lipinski definition) is 1. The van der Waals surface area contributed by atoms with E-state index in [1.807, 2.05) is 0 Å². The number of aryl methyl sites for hydroxylation is 1. The number of halogens is 1. The van der Waals surface area contributed by atoms with Crippen molar-refractivity contribution in [1.29, 1.82) is 0 Å². The van der Waals surface area contributed by atoms with Crippen molar-refractivity contribution < 1.29 is 0 Å². The summed E-state index contributed by atoms with van der Waals surface area (Å²) in [6.45, 7) is 0.937. The van der Waals surface area contributed by atoms with E-state index in [1.165, 1.54) is 42.4 Å². The Morgan fingerprint density at radius 2 is 1.80 bits per heavy atom. The molecule has 1 unspecified atom stereocenters. The number of benzene rings is 2. The zero-order chi connectivity index (χ0) is 13.8. The average Bonchev–Trinajstić information content (AvgIpc) is 2.69. The molecule has 20 heavy (non-hydrogen) atoms. The van der Waals surface area contributed by atoms with Gasteiger partial charge in [0, 0.05) is 17.1 Å². The smallest absolute Gasteiger partial charge is 0.0325 e. The summed E-state index contributed by atoms with van der Waals surface area (Å²) < 4.78 is 1.14. The summed E-state index contributed by atoms with van der Waals surface area (Å²) in [5.41, 5.74) is 4.37. The molecule has 0 amide bonds. The third kappa shape index (κ3) is 3.31. The maximum atomic E-state index is 3.74. The number of rotatable bonds is 3. The fourth-order valence-electron chi connectivity index (χ4n) is 2.98. The van der Waals surface area contributed by atoms with Gasteiger partial charge in [-0.05, 0) is 48.1 Å². The van der Waals surface area contributed by atoms with Gasteiger partial charge in [-0.1, -0.05) is 58.7 Å². The molecule has 1 aliphatic carbocycles. The van der Waals surface area contributed by atoms with Crippen LogP contribution >= 0.6 is 15.9 Å². The van der Waals surface area contributed by atoms with Crippen LogP contribution in [-0.4, -0.2) is 0 Å². The molecule has 0 saturated carbocycles. The highest BCUT2D eigenvalue weighted by molar-refractivity contribution is 9.10. The van der Waals surface area contributed by atoms with Crippen molar-refractivity contribution in [2.24, 2.45) is 0 Å². The molecule has 0 spiro atoms. The lowest BCUT2D eigenvalue weighted by atomic mass is 9.99. The van der Waals surface area contributed by atoms with Gasteiger partial charge in [-0.2, -0.15) is 0 Å². The van der Waals surface area contributed by atoms with E-state index in [-0.39, 0.29) is 0 Å². The summed E-state index contributed by atoms with van der Waals surface area (Å²) in [5, 5.41) is 3.74. The van der Waals surface area contributed by atoms with Gasteiger partial charge in [0.2, 0.25) is 0 Å². The molecule has 2 aromatic rings. The quantitative estimate of drug-likeness (QED) is 0.781. The fraction of sp³-hybridized carbons (Fsp3) is 0.333.